The molecule has 0 spiro atoms. The number of fused-ring (bicyclic) bond motifs is 1. The molecule has 0 fully saturated rings. The zero-order valence-electron chi connectivity index (χ0n) is 16.1. The summed E-state index contributed by atoms with van der Waals surface area (Å²) in [6.07, 6.45) is 1.72. The molecule has 0 aliphatic heterocycles. The molecular weight excluding hydrogens is 433 g/mol. The molecule has 3 aromatic rings. The predicted octanol–water partition coefficient (Wildman–Crippen LogP) is 5.50. The van der Waals surface area contributed by atoms with Crippen LogP contribution in [0.25, 0.3) is 11.0 Å². The summed E-state index contributed by atoms with van der Waals surface area (Å²) in [5.41, 5.74) is 2.63. The monoisotopic (exact) mass is 453 g/mol. The van der Waals surface area contributed by atoms with Gasteiger partial charge in [0.15, 0.2) is 0 Å². The number of rotatable bonds is 7. The van der Waals surface area contributed by atoms with Gasteiger partial charge in [-0.3, -0.25) is 4.79 Å². The first-order valence-corrected chi connectivity index (χ1v) is 11.6. The number of nitrogens with one attached hydrogen (secondary N) is 1. The van der Waals surface area contributed by atoms with Crippen molar-refractivity contribution in [2.75, 3.05) is 5.75 Å². The maximum absolute atomic E-state index is 12.5. The molecule has 0 bridgehead atoms. The number of furan rings is 1. The molecule has 3 rings (SSSR count). The molecule has 5 nitrogen and oxygen atoms in total. The zero-order valence-corrected chi connectivity index (χ0v) is 18.4. The van der Waals surface area contributed by atoms with E-state index in [0.29, 0.717) is 34.2 Å². The molecule has 154 valence electrons. The standard InChI is InChI=1S/C21H21Cl2NO4S/c1-3-4-9-29(26,27)24-21(25)15-6-8-20-18(11-15)17(13(2)28-20)10-14-5-7-16(22)12-19(14)23/h5-8,11-12H,3-4,9-10H2,1-2H3,(H,24,25). The minimum Gasteiger partial charge on any atom is -0.461 e. The quantitative estimate of drug-likeness (QED) is 0.512. The average Bonchev–Trinajstić information content (AvgIpc) is 2.96. The van der Waals surface area contributed by atoms with Crippen LogP contribution in [0.1, 0.15) is 47.0 Å². The molecule has 1 N–H and O–H groups in total. The number of hydrogen-bond donors (Lipinski definition) is 1. The van der Waals surface area contributed by atoms with Crippen molar-refractivity contribution < 1.29 is 17.6 Å². The molecule has 0 aliphatic rings. The normalized spacial score (nSPS) is 11.7. The molecule has 8 heteroatoms. The molecule has 0 saturated carbocycles. The summed E-state index contributed by atoms with van der Waals surface area (Å²) >= 11 is 12.3. The Balaban J connectivity index is 1.93. The van der Waals surface area contributed by atoms with Gasteiger partial charge in [0.1, 0.15) is 11.3 Å². The Bertz CT molecular complexity index is 1170. The van der Waals surface area contributed by atoms with E-state index in [-0.39, 0.29) is 11.3 Å². The van der Waals surface area contributed by atoms with E-state index < -0.39 is 15.9 Å². The lowest BCUT2D eigenvalue weighted by atomic mass is 10.0. The van der Waals surface area contributed by atoms with Gasteiger partial charge < -0.3 is 4.42 Å². The van der Waals surface area contributed by atoms with Crippen molar-refractivity contribution in [2.24, 2.45) is 0 Å². The van der Waals surface area contributed by atoms with Crippen LogP contribution in [-0.2, 0) is 16.4 Å². The van der Waals surface area contributed by atoms with Crippen LogP contribution in [0.4, 0.5) is 0 Å². The fraction of sp³-hybridized carbons (Fsp3) is 0.286. The lowest BCUT2D eigenvalue weighted by Gasteiger charge is -2.07. The van der Waals surface area contributed by atoms with Crippen molar-refractivity contribution in [2.45, 2.75) is 33.1 Å². The van der Waals surface area contributed by atoms with Crippen molar-refractivity contribution in [1.82, 2.24) is 4.72 Å². The van der Waals surface area contributed by atoms with E-state index >= 15 is 0 Å². The first-order chi connectivity index (χ1) is 13.7. The number of halogens is 2. The molecule has 2 aromatic carbocycles. The van der Waals surface area contributed by atoms with E-state index in [0.717, 1.165) is 22.9 Å². The largest absolute Gasteiger partial charge is 0.461 e. The number of amides is 1. The second kappa shape index (κ2) is 8.78. The van der Waals surface area contributed by atoms with Gasteiger partial charge in [-0.05, 0) is 49.2 Å². The molecule has 0 unspecified atom stereocenters. The fourth-order valence-electron chi connectivity index (χ4n) is 3.07. The highest BCUT2D eigenvalue weighted by atomic mass is 35.5. The average molecular weight is 454 g/mol. The van der Waals surface area contributed by atoms with Gasteiger partial charge in [-0.15, -0.1) is 0 Å². The number of hydrogen-bond acceptors (Lipinski definition) is 4. The molecule has 1 amide bonds. The van der Waals surface area contributed by atoms with Gasteiger partial charge >= 0.3 is 0 Å². The van der Waals surface area contributed by atoms with Crippen molar-refractivity contribution in [3.63, 3.8) is 0 Å². The molecule has 0 atom stereocenters. The van der Waals surface area contributed by atoms with Crippen LogP contribution in [0.15, 0.2) is 40.8 Å². The Morgan fingerprint density at radius 1 is 1.14 bits per heavy atom. The Labute approximate surface area is 180 Å². The maximum atomic E-state index is 12.5. The first-order valence-electron chi connectivity index (χ1n) is 9.21. The van der Waals surface area contributed by atoms with Crippen LogP contribution in [-0.4, -0.2) is 20.1 Å². The second-order valence-electron chi connectivity index (χ2n) is 6.86. The number of aryl methyl sites for hydroxylation is 1. The Morgan fingerprint density at radius 3 is 2.59 bits per heavy atom. The molecule has 1 heterocycles. The summed E-state index contributed by atoms with van der Waals surface area (Å²) in [4.78, 5) is 12.5. The Morgan fingerprint density at radius 2 is 1.90 bits per heavy atom. The SMILES string of the molecule is CCCCS(=O)(=O)NC(=O)c1ccc2oc(C)c(Cc3ccc(Cl)cc3Cl)c2c1. The lowest BCUT2D eigenvalue weighted by molar-refractivity contribution is 0.0981. The fourth-order valence-corrected chi connectivity index (χ4v) is 4.72. The third-order valence-electron chi connectivity index (χ3n) is 4.65. The summed E-state index contributed by atoms with van der Waals surface area (Å²) in [5, 5.41) is 1.84. The number of unbranched alkanes of at least 4 members (excludes halogenated alkanes) is 1. The highest BCUT2D eigenvalue weighted by molar-refractivity contribution is 7.90. The van der Waals surface area contributed by atoms with Crippen LogP contribution in [0.5, 0.6) is 0 Å². The smallest absolute Gasteiger partial charge is 0.264 e. The number of carbonyl (C=O) groups excluding carboxylic acids is 1. The topological polar surface area (TPSA) is 76.4 Å². The van der Waals surface area contributed by atoms with Gasteiger partial charge in [0.05, 0.1) is 5.75 Å². The predicted molar refractivity (Wildman–Crippen MR) is 116 cm³/mol. The molecular formula is C21H21Cl2NO4S. The van der Waals surface area contributed by atoms with E-state index in [2.05, 4.69) is 4.72 Å². The number of carbonyl (C=O) groups is 1. The Kier molecular flexibility index (Phi) is 6.56. The minimum atomic E-state index is -3.66. The van der Waals surface area contributed by atoms with Crippen LogP contribution in [0.3, 0.4) is 0 Å². The molecule has 0 radical (unpaired) electrons. The van der Waals surface area contributed by atoms with Gasteiger partial charge in [0.2, 0.25) is 10.0 Å². The highest BCUT2D eigenvalue weighted by Gasteiger charge is 2.19. The third-order valence-corrected chi connectivity index (χ3v) is 6.56. The molecule has 0 aliphatic carbocycles. The number of benzene rings is 2. The minimum absolute atomic E-state index is 0.0807. The second-order valence-corrected chi connectivity index (χ2v) is 9.55. The van der Waals surface area contributed by atoms with E-state index in [9.17, 15) is 13.2 Å². The maximum Gasteiger partial charge on any atom is 0.264 e. The van der Waals surface area contributed by atoms with Gasteiger partial charge in [0, 0.05) is 33.0 Å². The molecule has 29 heavy (non-hydrogen) atoms. The summed E-state index contributed by atoms with van der Waals surface area (Å²) in [5.74, 6) is -0.0284. The van der Waals surface area contributed by atoms with Crippen LogP contribution >= 0.6 is 23.2 Å². The Hall–Kier alpha value is -2.02. The summed E-state index contributed by atoms with van der Waals surface area (Å²) in [7, 11) is -3.66. The molecule has 1 aromatic heterocycles. The zero-order chi connectivity index (χ0) is 21.2. The van der Waals surface area contributed by atoms with Crippen LogP contribution < -0.4 is 4.72 Å². The number of sulfonamides is 1. The van der Waals surface area contributed by atoms with E-state index in [1.54, 1.807) is 30.3 Å². The first kappa shape index (κ1) is 21.7. The third kappa shape index (κ3) is 5.13. The van der Waals surface area contributed by atoms with Gasteiger partial charge in [-0.1, -0.05) is 42.6 Å². The van der Waals surface area contributed by atoms with E-state index in [1.165, 1.54) is 0 Å². The van der Waals surface area contributed by atoms with Gasteiger partial charge in [-0.2, -0.15) is 0 Å². The summed E-state index contributed by atoms with van der Waals surface area (Å²) in [6.45, 7) is 3.73. The summed E-state index contributed by atoms with van der Waals surface area (Å²) in [6, 6.07) is 10.2. The van der Waals surface area contributed by atoms with Crippen molar-refractivity contribution in [3.05, 3.63) is 68.9 Å². The van der Waals surface area contributed by atoms with Crippen LogP contribution in [0.2, 0.25) is 10.0 Å². The van der Waals surface area contributed by atoms with Crippen molar-refractivity contribution in [1.29, 1.82) is 0 Å². The van der Waals surface area contributed by atoms with E-state index in [1.807, 2.05) is 19.9 Å². The van der Waals surface area contributed by atoms with Crippen molar-refractivity contribution >= 4 is 50.1 Å². The lowest BCUT2D eigenvalue weighted by Crippen LogP contribution is -2.32. The van der Waals surface area contributed by atoms with Crippen molar-refractivity contribution in [3.8, 4) is 0 Å². The van der Waals surface area contributed by atoms with Crippen LogP contribution in [0, 0.1) is 6.92 Å². The van der Waals surface area contributed by atoms with Gasteiger partial charge in [0.25, 0.3) is 5.91 Å². The molecule has 0 saturated heterocycles. The highest BCUT2D eigenvalue weighted by Crippen LogP contribution is 2.31. The summed E-state index contributed by atoms with van der Waals surface area (Å²) < 4.78 is 32.0. The van der Waals surface area contributed by atoms with E-state index in [4.69, 9.17) is 27.6 Å². The van der Waals surface area contributed by atoms with Gasteiger partial charge in [-0.25, -0.2) is 13.1 Å².